The molecule has 4 rings (SSSR count). The zero-order chi connectivity index (χ0) is 12.9. The quantitative estimate of drug-likeness (QED) is 0.671. The summed E-state index contributed by atoms with van der Waals surface area (Å²) in [4.78, 5) is 12.2. The lowest BCUT2D eigenvalue weighted by atomic mass is 9.84. The molecule has 0 fully saturated rings. The molecule has 1 unspecified atom stereocenters. The van der Waals surface area contributed by atoms with Crippen molar-refractivity contribution in [3.8, 4) is 0 Å². The molecule has 0 radical (unpaired) electrons. The van der Waals surface area contributed by atoms with Gasteiger partial charge in [-0.1, -0.05) is 42.5 Å². The topological polar surface area (TPSA) is 26.3 Å². The lowest BCUT2D eigenvalue weighted by Gasteiger charge is -2.35. The minimum atomic E-state index is -0.429. The van der Waals surface area contributed by atoms with Crippen molar-refractivity contribution in [2.24, 2.45) is 0 Å². The lowest BCUT2D eigenvalue weighted by Crippen LogP contribution is -2.37. The van der Waals surface area contributed by atoms with Crippen LogP contribution in [0.25, 0.3) is 0 Å². The number of aryl methyl sites for hydroxylation is 1. The molecule has 94 valence electrons. The fourth-order valence-corrected chi connectivity index (χ4v) is 3.39. The van der Waals surface area contributed by atoms with E-state index in [2.05, 4.69) is 18.2 Å². The minimum absolute atomic E-state index is 0.182. The molecule has 1 atom stereocenters. The number of hydrogen-bond donors (Lipinski definition) is 0. The first-order valence-corrected chi connectivity index (χ1v) is 6.68. The maximum Gasteiger partial charge on any atom is 0.339 e. The summed E-state index contributed by atoms with van der Waals surface area (Å²) in [6.45, 7) is 0. The Morgan fingerprint density at radius 1 is 0.947 bits per heavy atom. The van der Waals surface area contributed by atoms with Gasteiger partial charge in [0.1, 0.15) is 5.60 Å². The molecule has 0 bridgehead atoms. The summed E-state index contributed by atoms with van der Waals surface area (Å²) in [5, 5.41) is 0. The second-order valence-electron chi connectivity index (χ2n) is 5.37. The number of ether oxygens (including phenoxy) is 1. The van der Waals surface area contributed by atoms with Crippen molar-refractivity contribution in [3.63, 3.8) is 0 Å². The van der Waals surface area contributed by atoms with Gasteiger partial charge in [0.25, 0.3) is 0 Å². The first kappa shape index (κ1) is 10.8. The molecule has 1 aliphatic heterocycles. The zero-order valence-corrected chi connectivity index (χ0v) is 10.6. The van der Waals surface area contributed by atoms with Crippen molar-refractivity contribution in [1.82, 2.24) is 0 Å². The third-order valence-electron chi connectivity index (χ3n) is 4.31. The highest BCUT2D eigenvalue weighted by atomic mass is 16.6. The van der Waals surface area contributed by atoms with E-state index in [0.717, 1.165) is 30.4 Å². The fourth-order valence-electron chi connectivity index (χ4n) is 3.39. The Balaban J connectivity index is 1.86. The van der Waals surface area contributed by atoms with Crippen LogP contribution >= 0.6 is 0 Å². The lowest BCUT2D eigenvalue weighted by molar-refractivity contribution is -0.0271. The van der Waals surface area contributed by atoms with Crippen molar-refractivity contribution in [1.29, 1.82) is 0 Å². The van der Waals surface area contributed by atoms with Crippen LogP contribution in [0.2, 0.25) is 0 Å². The summed E-state index contributed by atoms with van der Waals surface area (Å²) in [6.07, 6.45) is 2.68. The zero-order valence-electron chi connectivity index (χ0n) is 10.6. The van der Waals surface area contributed by atoms with Gasteiger partial charge in [0.2, 0.25) is 0 Å². The molecular formula is C17H14O2. The van der Waals surface area contributed by atoms with Crippen LogP contribution in [-0.4, -0.2) is 5.97 Å². The summed E-state index contributed by atoms with van der Waals surface area (Å²) < 4.78 is 5.85. The highest BCUT2D eigenvalue weighted by Gasteiger charge is 2.45. The maximum atomic E-state index is 12.2. The van der Waals surface area contributed by atoms with Crippen LogP contribution in [0.5, 0.6) is 0 Å². The van der Waals surface area contributed by atoms with Gasteiger partial charge in [-0.25, -0.2) is 4.79 Å². The van der Waals surface area contributed by atoms with Gasteiger partial charge >= 0.3 is 5.97 Å². The first-order chi connectivity index (χ1) is 9.28. The summed E-state index contributed by atoms with van der Waals surface area (Å²) in [6, 6.07) is 16.1. The smallest absolute Gasteiger partial charge is 0.339 e. The molecule has 0 N–H and O–H groups in total. The molecule has 1 spiro atoms. The Hall–Kier alpha value is -2.09. The predicted molar refractivity (Wildman–Crippen MR) is 72.0 cm³/mol. The SMILES string of the molecule is O=C1OC2(CCc3ccccc32)Cc2ccccc21. The summed E-state index contributed by atoms with van der Waals surface area (Å²) in [5.41, 5.74) is 3.91. The number of fused-ring (bicyclic) bond motifs is 3. The van der Waals surface area contributed by atoms with E-state index in [9.17, 15) is 4.79 Å². The highest BCUT2D eigenvalue weighted by molar-refractivity contribution is 5.92. The summed E-state index contributed by atoms with van der Waals surface area (Å²) in [5.74, 6) is -0.182. The number of carbonyl (C=O) groups is 1. The molecule has 2 aromatic rings. The molecule has 2 nitrogen and oxygen atoms in total. The van der Waals surface area contributed by atoms with Gasteiger partial charge in [-0.05, 0) is 35.6 Å². The Labute approximate surface area is 112 Å². The van der Waals surface area contributed by atoms with Crippen molar-refractivity contribution in [2.75, 3.05) is 0 Å². The van der Waals surface area contributed by atoms with Gasteiger partial charge in [-0.2, -0.15) is 0 Å². The van der Waals surface area contributed by atoms with Crippen molar-refractivity contribution in [3.05, 3.63) is 70.8 Å². The average molecular weight is 250 g/mol. The molecule has 19 heavy (non-hydrogen) atoms. The van der Waals surface area contributed by atoms with Crippen molar-refractivity contribution in [2.45, 2.75) is 24.9 Å². The molecule has 0 aromatic heterocycles. The maximum absolute atomic E-state index is 12.2. The highest BCUT2D eigenvalue weighted by Crippen LogP contribution is 2.45. The third-order valence-corrected chi connectivity index (χ3v) is 4.31. The van der Waals surface area contributed by atoms with E-state index in [1.54, 1.807) is 0 Å². The van der Waals surface area contributed by atoms with Crippen LogP contribution < -0.4 is 0 Å². The Morgan fingerprint density at radius 3 is 2.58 bits per heavy atom. The van der Waals surface area contributed by atoms with E-state index in [1.165, 1.54) is 11.1 Å². The van der Waals surface area contributed by atoms with Gasteiger partial charge < -0.3 is 4.74 Å². The largest absolute Gasteiger partial charge is 0.450 e. The molecule has 2 heteroatoms. The van der Waals surface area contributed by atoms with Crippen LogP contribution in [0.4, 0.5) is 0 Å². The van der Waals surface area contributed by atoms with E-state index in [4.69, 9.17) is 4.74 Å². The number of benzene rings is 2. The predicted octanol–water partition coefficient (Wildman–Crippen LogP) is 3.24. The van der Waals surface area contributed by atoms with Crippen LogP contribution in [0.3, 0.4) is 0 Å². The first-order valence-electron chi connectivity index (χ1n) is 6.68. The Kier molecular flexibility index (Phi) is 2.10. The van der Waals surface area contributed by atoms with Crippen molar-refractivity contribution < 1.29 is 9.53 Å². The second-order valence-corrected chi connectivity index (χ2v) is 5.37. The van der Waals surface area contributed by atoms with Crippen LogP contribution in [0.1, 0.15) is 33.5 Å². The standard InChI is InChI=1S/C17H14O2/c18-16-14-7-3-1-6-13(14)11-17(19-16)10-9-12-5-2-4-8-15(12)17/h1-8H,9-11H2. The normalized spacial score (nSPS) is 23.9. The van der Waals surface area contributed by atoms with E-state index in [1.807, 2.05) is 30.3 Å². The van der Waals surface area contributed by atoms with E-state index < -0.39 is 5.60 Å². The number of rotatable bonds is 0. The number of hydrogen-bond acceptors (Lipinski definition) is 2. The van der Waals surface area contributed by atoms with E-state index >= 15 is 0 Å². The monoisotopic (exact) mass is 250 g/mol. The molecule has 0 saturated carbocycles. The molecule has 2 aromatic carbocycles. The summed E-state index contributed by atoms with van der Waals surface area (Å²) in [7, 11) is 0. The number of carbonyl (C=O) groups excluding carboxylic acids is 1. The van der Waals surface area contributed by atoms with Crippen LogP contribution in [-0.2, 0) is 23.2 Å². The van der Waals surface area contributed by atoms with Gasteiger partial charge in [0, 0.05) is 6.42 Å². The van der Waals surface area contributed by atoms with Crippen LogP contribution in [0, 0.1) is 0 Å². The van der Waals surface area contributed by atoms with Gasteiger partial charge in [-0.15, -0.1) is 0 Å². The molecule has 1 aliphatic carbocycles. The molecule has 2 aliphatic rings. The third kappa shape index (κ3) is 1.46. The van der Waals surface area contributed by atoms with E-state index in [-0.39, 0.29) is 5.97 Å². The van der Waals surface area contributed by atoms with Crippen molar-refractivity contribution >= 4 is 5.97 Å². The molecule has 0 amide bonds. The summed E-state index contributed by atoms with van der Waals surface area (Å²) >= 11 is 0. The second kappa shape index (κ2) is 3.70. The Bertz CT molecular complexity index is 674. The molecular weight excluding hydrogens is 236 g/mol. The Morgan fingerprint density at radius 2 is 1.68 bits per heavy atom. The average Bonchev–Trinajstić information content (AvgIpc) is 2.78. The fraction of sp³-hybridized carbons (Fsp3) is 0.235. The van der Waals surface area contributed by atoms with E-state index in [0.29, 0.717) is 0 Å². The minimum Gasteiger partial charge on any atom is -0.450 e. The van der Waals surface area contributed by atoms with Gasteiger partial charge in [-0.3, -0.25) is 0 Å². The molecule has 1 heterocycles. The molecule has 0 saturated heterocycles. The van der Waals surface area contributed by atoms with Gasteiger partial charge in [0.15, 0.2) is 0 Å². The van der Waals surface area contributed by atoms with Gasteiger partial charge in [0.05, 0.1) is 5.56 Å². The number of esters is 1. The van der Waals surface area contributed by atoms with Crippen LogP contribution in [0.15, 0.2) is 48.5 Å².